The Morgan fingerprint density at radius 2 is 1.74 bits per heavy atom. The lowest BCUT2D eigenvalue weighted by atomic mass is 9.96. The Balaban J connectivity index is 2.18. The fourth-order valence-electron chi connectivity index (χ4n) is 2.47. The second-order valence-corrected chi connectivity index (χ2v) is 5.31. The van der Waals surface area contributed by atoms with Crippen molar-refractivity contribution < 1.29 is 4.42 Å². The Morgan fingerprint density at radius 3 is 2.42 bits per heavy atom. The fraction of sp³-hybridized carbons (Fsp3) is 0.176. The Morgan fingerprint density at radius 1 is 1.00 bits per heavy atom. The van der Waals surface area contributed by atoms with Gasteiger partial charge in [-0.1, -0.05) is 36.4 Å². The Labute approximate surface area is 117 Å². The molecule has 0 saturated heterocycles. The van der Waals surface area contributed by atoms with Crippen LogP contribution in [0.4, 0.5) is 0 Å². The molecule has 0 spiro atoms. The summed E-state index contributed by atoms with van der Waals surface area (Å²) in [5.41, 5.74) is 3.41. The predicted octanol–water partition coefficient (Wildman–Crippen LogP) is 5.38. The maximum atomic E-state index is 6.62. The summed E-state index contributed by atoms with van der Waals surface area (Å²) >= 11 is 6.62. The summed E-state index contributed by atoms with van der Waals surface area (Å²) in [5, 5.41) is 2.29. The predicted molar refractivity (Wildman–Crippen MR) is 79.8 cm³/mol. The molecule has 1 unspecified atom stereocenters. The molecule has 3 aromatic rings. The van der Waals surface area contributed by atoms with E-state index in [1.54, 1.807) is 6.26 Å². The largest absolute Gasteiger partial charge is 0.469 e. The molecule has 0 fully saturated rings. The van der Waals surface area contributed by atoms with Gasteiger partial charge in [0.25, 0.3) is 0 Å². The van der Waals surface area contributed by atoms with E-state index >= 15 is 0 Å². The van der Waals surface area contributed by atoms with Gasteiger partial charge < -0.3 is 4.42 Å². The summed E-state index contributed by atoms with van der Waals surface area (Å²) in [6.45, 7) is 4.05. The minimum Gasteiger partial charge on any atom is -0.469 e. The molecule has 1 heterocycles. The highest BCUT2D eigenvalue weighted by Gasteiger charge is 2.16. The van der Waals surface area contributed by atoms with Crippen LogP contribution in [0.15, 0.2) is 53.1 Å². The van der Waals surface area contributed by atoms with E-state index in [-0.39, 0.29) is 5.38 Å². The van der Waals surface area contributed by atoms with Gasteiger partial charge in [0.15, 0.2) is 0 Å². The summed E-state index contributed by atoms with van der Waals surface area (Å²) in [6, 6.07) is 14.6. The highest BCUT2D eigenvalue weighted by atomic mass is 35.5. The lowest BCUT2D eigenvalue weighted by molar-refractivity contribution is 0.532. The molecule has 0 aliphatic carbocycles. The van der Waals surface area contributed by atoms with Gasteiger partial charge >= 0.3 is 0 Å². The van der Waals surface area contributed by atoms with Crippen molar-refractivity contribution in [3.05, 3.63) is 71.2 Å². The van der Waals surface area contributed by atoms with Gasteiger partial charge in [-0.3, -0.25) is 0 Å². The number of hydrogen-bond acceptors (Lipinski definition) is 1. The van der Waals surface area contributed by atoms with Crippen LogP contribution in [0.5, 0.6) is 0 Å². The lowest BCUT2D eigenvalue weighted by Crippen LogP contribution is -1.94. The van der Waals surface area contributed by atoms with Crippen molar-refractivity contribution >= 4 is 22.4 Å². The zero-order valence-electron chi connectivity index (χ0n) is 11.0. The first-order valence-electron chi connectivity index (χ1n) is 6.34. The zero-order valence-corrected chi connectivity index (χ0v) is 11.7. The maximum Gasteiger partial charge on any atom is 0.101 e. The van der Waals surface area contributed by atoms with Gasteiger partial charge in [-0.05, 0) is 41.8 Å². The molecule has 0 amide bonds. The molecular formula is C17H15ClO. The molecule has 2 aromatic carbocycles. The molecule has 2 heteroatoms. The van der Waals surface area contributed by atoms with Crippen molar-refractivity contribution in [2.45, 2.75) is 19.2 Å². The van der Waals surface area contributed by atoms with E-state index in [2.05, 4.69) is 43.3 Å². The number of fused-ring (bicyclic) bond motifs is 1. The number of benzene rings is 2. The molecular weight excluding hydrogens is 256 g/mol. The second kappa shape index (κ2) is 4.75. The number of hydrogen-bond donors (Lipinski definition) is 0. The number of alkyl halides is 1. The molecule has 19 heavy (non-hydrogen) atoms. The van der Waals surface area contributed by atoms with Crippen LogP contribution in [0, 0.1) is 13.8 Å². The van der Waals surface area contributed by atoms with E-state index in [1.807, 2.05) is 13.0 Å². The normalized spacial score (nSPS) is 12.8. The first-order valence-corrected chi connectivity index (χ1v) is 6.78. The lowest BCUT2D eigenvalue weighted by Gasteiger charge is -2.13. The average Bonchev–Trinajstić information content (AvgIpc) is 2.86. The molecule has 1 atom stereocenters. The van der Waals surface area contributed by atoms with Gasteiger partial charge in [-0.2, -0.15) is 0 Å². The summed E-state index contributed by atoms with van der Waals surface area (Å²) < 4.78 is 5.36. The van der Waals surface area contributed by atoms with Crippen LogP contribution in [0.25, 0.3) is 10.8 Å². The molecule has 0 radical (unpaired) electrons. The molecule has 0 saturated carbocycles. The molecule has 1 nitrogen and oxygen atoms in total. The SMILES string of the molecule is Cc1cc(C(Cl)c2ccc(C)c3ccccc23)co1. The van der Waals surface area contributed by atoms with Crippen LogP contribution >= 0.6 is 11.6 Å². The summed E-state index contributed by atoms with van der Waals surface area (Å²) in [6.07, 6.45) is 1.74. The van der Waals surface area contributed by atoms with Gasteiger partial charge in [0, 0.05) is 5.56 Å². The van der Waals surface area contributed by atoms with E-state index in [1.165, 1.54) is 16.3 Å². The van der Waals surface area contributed by atoms with Gasteiger partial charge in [-0.25, -0.2) is 0 Å². The zero-order chi connectivity index (χ0) is 13.4. The molecule has 1 aromatic heterocycles. The average molecular weight is 271 g/mol. The third-order valence-corrected chi connectivity index (χ3v) is 3.98. The van der Waals surface area contributed by atoms with E-state index in [9.17, 15) is 0 Å². The van der Waals surface area contributed by atoms with E-state index < -0.39 is 0 Å². The highest BCUT2D eigenvalue weighted by Crippen LogP contribution is 2.35. The quantitative estimate of drug-likeness (QED) is 0.570. The van der Waals surface area contributed by atoms with Crippen molar-refractivity contribution in [2.75, 3.05) is 0 Å². The summed E-state index contributed by atoms with van der Waals surface area (Å²) in [5.74, 6) is 0.886. The third kappa shape index (κ3) is 2.15. The molecule has 0 N–H and O–H groups in total. The van der Waals surface area contributed by atoms with Crippen molar-refractivity contribution in [1.29, 1.82) is 0 Å². The smallest absolute Gasteiger partial charge is 0.101 e. The minimum absolute atomic E-state index is 0.178. The number of aryl methyl sites for hydroxylation is 2. The topological polar surface area (TPSA) is 13.1 Å². The third-order valence-electron chi connectivity index (χ3n) is 3.49. The van der Waals surface area contributed by atoms with Gasteiger partial charge in [0.05, 0.1) is 11.6 Å². The van der Waals surface area contributed by atoms with Gasteiger partial charge in [-0.15, -0.1) is 11.6 Å². The Hall–Kier alpha value is -1.73. The Kier molecular flexibility index (Phi) is 3.08. The van der Waals surface area contributed by atoms with Crippen LogP contribution in [0.1, 0.15) is 27.8 Å². The molecule has 0 aliphatic rings. The number of halogens is 1. The van der Waals surface area contributed by atoms with Gasteiger partial charge in [0.2, 0.25) is 0 Å². The number of furan rings is 1. The van der Waals surface area contributed by atoms with Gasteiger partial charge in [0.1, 0.15) is 5.76 Å². The van der Waals surface area contributed by atoms with E-state index in [4.69, 9.17) is 16.0 Å². The fourth-order valence-corrected chi connectivity index (χ4v) is 2.77. The van der Waals surface area contributed by atoms with E-state index in [0.29, 0.717) is 0 Å². The minimum atomic E-state index is -0.178. The monoisotopic (exact) mass is 270 g/mol. The van der Waals surface area contributed by atoms with Crippen molar-refractivity contribution in [1.82, 2.24) is 0 Å². The van der Waals surface area contributed by atoms with Crippen molar-refractivity contribution in [2.24, 2.45) is 0 Å². The van der Waals surface area contributed by atoms with Crippen molar-refractivity contribution in [3.8, 4) is 0 Å². The standard InChI is InChI=1S/C17H15ClO/c1-11-7-8-16(15-6-4-3-5-14(11)15)17(18)13-9-12(2)19-10-13/h3-10,17H,1-2H3. The molecule has 0 aliphatic heterocycles. The van der Waals surface area contributed by atoms with Crippen molar-refractivity contribution in [3.63, 3.8) is 0 Å². The Bertz CT molecular complexity index is 727. The maximum absolute atomic E-state index is 6.62. The molecule has 3 rings (SSSR count). The first kappa shape index (κ1) is 12.3. The van der Waals surface area contributed by atoms with Crippen LogP contribution in [-0.2, 0) is 0 Å². The summed E-state index contributed by atoms with van der Waals surface area (Å²) in [4.78, 5) is 0. The van der Waals surface area contributed by atoms with Crippen LogP contribution in [0.2, 0.25) is 0 Å². The highest BCUT2D eigenvalue weighted by molar-refractivity contribution is 6.23. The summed E-state index contributed by atoms with van der Waals surface area (Å²) in [7, 11) is 0. The first-order chi connectivity index (χ1) is 9.16. The van der Waals surface area contributed by atoms with Crippen LogP contribution < -0.4 is 0 Å². The molecule has 0 bridgehead atoms. The van der Waals surface area contributed by atoms with Crippen LogP contribution in [-0.4, -0.2) is 0 Å². The number of rotatable bonds is 2. The van der Waals surface area contributed by atoms with Crippen LogP contribution in [0.3, 0.4) is 0 Å². The molecule has 96 valence electrons. The van der Waals surface area contributed by atoms with E-state index in [0.717, 1.165) is 16.9 Å². The second-order valence-electron chi connectivity index (χ2n) is 4.87.